The van der Waals surface area contributed by atoms with Gasteiger partial charge in [-0.15, -0.1) is 0 Å². The third-order valence-electron chi connectivity index (χ3n) is 3.74. The topological polar surface area (TPSA) is 48.4 Å². The van der Waals surface area contributed by atoms with Crippen molar-refractivity contribution in [3.05, 3.63) is 48.2 Å². The van der Waals surface area contributed by atoms with Crippen molar-refractivity contribution >= 4 is 5.97 Å². The molecular formula is C17H14F3NO3. The molecule has 1 saturated carbocycles. The van der Waals surface area contributed by atoms with Gasteiger partial charge in [0.15, 0.2) is 0 Å². The summed E-state index contributed by atoms with van der Waals surface area (Å²) in [6.07, 6.45) is -2.88. The van der Waals surface area contributed by atoms with Crippen LogP contribution in [0.4, 0.5) is 13.2 Å². The number of halogens is 3. The molecule has 0 N–H and O–H groups in total. The van der Waals surface area contributed by atoms with Gasteiger partial charge in [0.1, 0.15) is 11.5 Å². The zero-order valence-corrected chi connectivity index (χ0v) is 12.7. The standard InChI is InChI=1S/C17H14F3NO3/c1-10-8-14(10)16(22)24-13-5-3-12(4-6-13)23-15-7-2-11(9-21-15)17(18,19)20/h2-7,9-10,14H,8H2,1H3. The highest BCUT2D eigenvalue weighted by molar-refractivity contribution is 5.78. The van der Waals surface area contributed by atoms with Crippen LogP contribution in [0.15, 0.2) is 42.6 Å². The van der Waals surface area contributed by atoms with Gasteiger partial charge >= 0.3 is 12.1 Å². The number of nitrogens with zero attached hydrogens (tertiary/aromatic N) is 1. The normalized spacial score (nSPS) is 19.7. The average molecular weight is 337 g/mol. The molecular weight excluding hydrogens is 323 g/mol. The maximum Gasteiger partial charge on any atom is 0.417 e. The van der Waals surface area contributed by atoms with Crippen LogP contribution in [0.2, 0.25) is 0 Å². The molecule has 0 amide bonds. The smallest absolute Gasteiger partial charge is 0.417 e. The molecule has 4 nitrogen and oxygen atoms in total. The second-order valence-corrected chi connectivity index (χ2v) is 5.70. The van der Waals surface area contributed by atoms with E-state index in [0.29, 0.717) is 23.6 Å². The minimum absolute atomic E-state index is 0.0303. The van der Waals surface area contributed by atoms with Crippen molar-refractivity contribution in [2.24, 2.45) is 11.8 Å². The Morgan fingerprint density at radius 1 is 1.12 bits per heavy atom. The number of hydrogen-bond donors (Lipinski definition) is 0. The lowest BCUT2D eigenvalue weighted by atomic mass is 10.3. The molecule has 0 aliphatic heterocycles. The molecule has 1 aromatic heterocycles. The van der Waals surface area contributed by atoms with Crippen molar-refractivity contribution < 1.29 is 27.4 Å². The molecule has 2 unspecified atom stereocenters. The number of ether oxygens (including phenoxy) is 2. The number of hydrogen-bond acceptors (Lipinski definition) is 4. The maximum atomic E-state index is 12.5. The Hall–Kier alpha value is -2.57. The van der Waals surface area contributed by atoms with Gasteiger partial charge < -0.3 is 9.47 Å². The lowest BCUT2D eigenvalue weighted by Gasteiger charge is -2.08. The highest BCUT2D eigenvalue weighted by Gasteiger charge is 2.40. The molecule has 2 aromatic rings. The molecule has 0 bridgehead atoms. The first-order valence-electron chi connectivity index (χ1n) is 7.36. The van der Waals surface area contributed by atoms with Gasteiger partial charge in [-0.25, -0.2) is 4.98 Å². The quantitative estimate of drug-likeness (QED) is 0.611. The molecule has 1 heterocycles. The van der Waals surface area contributed by atoms with E-state index in [1.807, 2.05) is 6.92 Å². The highest BCUT2D eigenvalue weighted by atomic mass is 19.4. The predicted molar refractivity (Wildman–Crippen MR) is 78.7 cm³/mol. The Bertz CT molecular complexity index is 726. The van der Waals surface area contributed by atoms with Gasteiger partial charge in [0.05, 0.1) is 11.5 Å². The van der Waals surface area contributed by atoms with E-state index in [9.17, 15) is 18.0 Å². The monoisotopic (exact) mass is 337 g/mol. The summed E-state index contributed by atoms with van der Waals surface area (Å²) in [4.78, 5) is 15.3. The summed E-state index contributed by atoms with van der Waals surface area (Å²) in [7, 11) is 0. The number of rotatable bonds is 4. The van der Waals surface area contributed by atoms with E-state index in [1.165, 1.54) is 0 Å². The summed E-state index contributed by atoms with van der Waals surface area (Å²) in [5, 5.41) is 0. The molecule has 2 atom stereocenters. The van der Waals surface area contributed by atoms with Gasteiger partial charge in [-0.2, -0.15) is 13.2 Å². The number of carbonyl (C=O) groups excluding carboxylic acids is 1. The van der Waals surface area contributed by atoms with E-state index in [2.05, 4.69) is 4.98 Å². The maximum absolute atomic E-state index is 12.5. The van der Waals surface area contributed by atoms with Crippen molar-refractivity contribution in [3.63, 3.8) is 0 Å². The zero-order valence-electron chi connectivity index (χ0n) is 12.7. The zero-order chi connectivity index (χ0) is 17.3. The summed E-state index contributed by atoms with van der Waals surface area (Å²) in [5.74, 6) is 0.900. The SMILES string of the molecule is CC1CC1C(=O)Oc1ccc(Oc2ccc(C(F)(F)F)cn2)cc1. The van der Waals surface area contributed by atoms with Crippen LogP contribution in [0, 0.1) is 11.8 Å². The van der Waals surface area contributed by atoms with Gasteiger partial charge in [0.2, 0.25) is 5.88 Å². The summed E-state index contributed by atoms with van der Waals surface area (Å²) in [6, 6.07) is 8.27. The first-order valence-corrected chi connectivity index (χ1v) is 7.36. The second-order valence-electron chi connectivity index (χ2n) is 5.70. The number of pyridine rings is 1. The summed E-state index contributed by atoms with van der Waals surface area (Å²) >= 11 is 0. The molecule has 7 heteroatoms. The predicted octanol–water partition coefficient (Wildman–Crippen LogP) is 4.45. The fraction of sp³-hybridized carbons (Fsp3) is 0.294. The summed E-state index contributed by atoms with van der Waals surface area (Å²) in [5.41, 5.74) is -0.841. The van der Waals surface area contributed by atoms with Crippen molar-refractivity contribution in [2.75, 3.05) is 0 Å². The second kappa shape index (κ2) is 6.14. The van der Waals surface area contributed by atoms with Crippen LogP contribution >= 0.6 is 0 Å². The Kier molecular flexibility index (Phi) is 4.17. The van der Waals surface area contributed by atoms with Crippen molar-refractivity contribution in [2.45, 2.75) is 19.5 Å². The Balaban J connectivity index is 1.60. The number of aromatic nitrogens is 1. The first kappa shape index (κ1) is 16.3. The molecule has 0 radical (unpaired) electrons. The minimum Gasteiger partial charge on any atom is -0.439 e. The van der Waals surface area contributed by atoms with E-state index < -0.39 is 11.7 Å². The van der Waals surface area contributed by atoms with Gasteiger partial charge in [-0.3, -0.25) is 4.79 Å². The van der Waals surface area contributed by atoms with Crippen LogP contribution in [0.3, 0.4) is 0 Å². The Morgan fingerprint density at radius 2 is 1.75 bits per heavy atom. The summed E-state index contributed by atoms with van der Waals surface area (Å²) in [6.45, 7) is 1.99. The van der Waals surface area contributed by atoms with Crippen LogP contribution < -0.4 is 9.47 Å². The fourth-order valence-electron chi connectivity index (χ4n) is 2.15. The van der Waals surface area contributed by atoms with Crippen LogP contribution in [0.25, 0.3) is 0 Å². The summed E-state index contributed by atoms with van der Waals surface area (Å²) < 4.78 is 48.0. The minimum atomic E-state index is -4.43. The molecule has 0 spiro atoms. The molecule has 24 heavy (non-hydrogen) atoms. The lowest BCUT2D eigenvalue weighted by Crippen LogP contribution is -2.10. The largest absolute Gasteiger partial charge is 0.439 e. The molecule has 126 valence electrons. The van der Waals surface area contributed by atoms with Gasteiger partial charge in [-0.05, 0) is 42.7 Å². The van der Waals surface area contributed by atoms with Gasteiger partial charge in [0, 0.05) is 12.3 Å². The lowest BCUT2D eigenvalue weighted by molar-refractivity contribution is -0.138. The van der Waals surface area contributed by atoms with Crippen molar-refractivity contribution in [3.8, 4) is 17.4 Å². The van der Waals surface area contributed by atoms with Crippen LogP contribution in [-0.4, -0.2) is 11.0 Å². The highest BCUT2D eigenvalue weighted by Crippen LogP contribution is 2.39. The molecule has 0 saturated heterocycles. The van der Waals surface area contributed by atoms with Crippen LogP contribution in [0.5, 0.6) is 17.4 Å². The number of alkyl halides is 3. The van der Waals surface area contributed by atoms with Crippen molar-refractivity contribution in [1.82, 2.24) is 4.98 Å². The fourth-order valence-corrected chi connectivity index (χ4v) is 2.15. The average Bonchev–Trinajstić information content (AvgIpc) is 3.26. The Morgan fingerprint density at radius 3 is 2.25 bits per heavy atom. The van der Waals surface area contributed by atoms with E-state index >= 15 is 0 Å². The van der Waals surface area contributed by atoms with Crippen molar-refractivity contribution in [1.29, 1.82) is 0 Å². The van der Waals surface area contributed by atoms with E-state index in [4.69, 9.17) is 9.47 Å². The Labute approximate surface area is 136 Å². The number of benzene rings is 1. The first-order chi connectivity index (χ1) is 11.3. The van der Waals surface area contributed by atoms with E-state index in [-0.39, 0.29) is 17.8 Å². The van der Waals surface area contributed by atoms with E-state index in [1.54, 1.807) is 24.3 Å². The van der Waals surface area contributed by atoms with Gasteiger partial charge in [-0.1, -0.05) is 6.92 Å². The third-order valence-corrected chi connectivity index (χ3v) is 3.74. The molecule has 1 fully saturated rings. The third kappa shape index (κ3) is 3.84. The molecule has 1 aliphatic rings. The van der Waals surface area contributed by atoms with E-state index in [0.717, 1.165) is 18.6 Å². The van der Waals surface area contributed by atoms with Crippen LogP contribution in [0.1, 0.15) is 18.9 Å². The number of carbonyl (C=O) groups is 1. The molecule has 3 rings (SSSR count). The molecule has 1 aliphatic carbocycles. The van der Waals surface area contributed by atoms with Crippen LogP contribution in [-0.2, 0) is 11.0 Å². The van der Waals surface area contributed by atoms with Gasteiger partial charge in [0.25, 0.3) is 0 Å². The number of esters is 1. The molecule has 1 aromatic carbocycles.